The van der Waals surface area contributed by atoms with Gasteiger partial charge in [-0.25, -0.2) is 4.98 Å². The molecular weight excluding hydrogens is 170 g/mol. The maximum absolute atomic E-state index is 10.3. The molecule has 0 saturated carbocycles. The van der Waals surface area contributed by atoms with Gasteiger partial charge in [-0.1, -0.05) is 6.92 Å². The smallest absolute Gasteiger partial charge is 0.305 e. The van der Waals surface area contributed by atoms with Crippen molar-refractivity contribution in [3.63, 3.8) is 0 Å². The van der Waals surface area contributed by atoms with Crippen molar-refractivity contribution < 1.29 is 9.90 Å². The number of nitrogens with one attached hydrogen (secondary N) is 1. The Bertz CT molecular complexity index is 295. The Balaban J connectivity index is 2.65. The molecule has 0 bridgehead atoms. The number of hydrogen-bond donors (Lipinski definition) is 3. The van der Waals surface area contributed by atoms with E-state index >= 15 is 0 Å². The third-order valence-electron chi connectivity index (χ3n) is 1.77. The number of nitrogens with zero attached hydrogens (tertiary/aromatic N) is 1. The molecule has 0 aliphatic rings. The average Bonchev–Trinajstić information content (AvgIpc) is 2.50. The fraction of sp³-hybridized carbons (Fsp3) is 0.500. The van der Waals surface area contributed by atoms with Crippen LogP contribution in [0.5, 0.6) is 0 Å². The number of aliphatic carboxylic acids is 1. The summed E-state index contributed by atoms with van der Waals surface area (Å²) in [5, 5.41) is 8.49. The van der Waals surface area contributed by atoms with Gasteiger partial charge >= 0.3 is 5.97 Å². The molecule has 1 heterocycles. The third-order valence-corrected chi connectivity index (χ3v) is 1.77. The van der Waals surface area contributed by atoms with Crippen molar-refractivity contribution in [1.82, 2.24) is 9.97 Å². The van der Waals surface area contributed by atoms with E-state index in [1.54, 1.807) is 6.20 Å². The Hall–Kier alpha value is -1.36. The lowest BCUT2D eigenvalue weighted by Gasteiger charge is -2.03. The van der Waals surface area contributed by atoms with E-state index in [-0.39, 0.29) is 6.42 Å². The number of aromatic amines is 1. The number of nitrogens with two attached hydrogens (primary N) is 1. The van der Waals surface area contributed by atoms with E-state index in [2.05, 4.69) is 9.97 Å². The van der Waals surface area contributed by atoms with Crippen LogP contribution < -0.4 is 5.73 Å². The van der Waals surface area contributed by atoms with E-state index in [0.717, 1.165) is 12.1 Å². The monoisotopic (exact) mass is 183 g/mol. The van der Waals surface area contributed by atoms with Crippen LogP contribution in [-0.4, -0.2) is 21.0 Å². The number of carboxylic acid groups (broad SMARTS) is 1. The average molecular weight is 183 g/mol. The van der Waals surface area contributed by atoms with Gasteiger partial charge in [0, 0.05) is 11.9 Å². The summed E-state index contributed by atoms with van der Waals surface area (Å²) in [5.74, 6) is -0.374. The van der Waals surface area contributed by atoms with Crippen LogP contribution in [0.2, 0.25) is 0 Å². The quantitative estimate of drug-likeness (QED) is 0.631. The summed E-state index contributed by atoms with van der Waals surface area (Å²) in [6, 6.07) is -0.544. The lowest BCUT2D eigenvalue weighted by atomic mass is 10.2. The highest BCUT2D eigenvalue weighted by molar-refractivity contribution is 5.67. The molecule has 1 atom stereocenters. The Labute approximate surface area is 76.0 Å². The molecule has 72 valence electrons. The molecule has 5 nitrogen and oxygen atoms in total. The van der Waals surface area contributed by atoms with Gasteiger partial charge in [0.1, 0.15) is 5.82 Å². The fourth-order valence-corrected chi connectivity index (χ4v) is 1.03. The molecule has 0 amide bonds. The lowest BCUT2D eigenvalue weighted by molar-refractivity contribution is -0.137. The van der Waals surface area contributed by atoms with Gasteiger partial charge < -0.3 is 15.8 Å². The topological polar surface area (TPSA) is 92.0 Å². The molecule has 0 fully saturated rings. The molecule has 1 unspecified atom stereocenters. The number of rotatable bonds is 4. The molecule has 0 aromatic carbocycles. The minimum Gasteiger partial charge on any atom is -0.481 e. The van der Waals surface area contributed by atoms with Crippen molar-refractivity contribution in [1.29, 1.82) is 0 Å². The normalized spacial score (nSPS) is 12.8. The van der Waals surface area contributed by atoms with E-state index in [4.69, 9.17) is 10.8 Å². The standard InChI is InChI=1S/C8H13N3O2/c1-2-5-4-10-8(11-5)6(9)3-7(12)13/h4,6H,2-3,9H2,1H3,(H,10,11)(H,12,13). The second-order valence-corrected chi connectivity index (χ2v) is 2.85. The fourth-order valence-electron chi connectivity index (χ4n) is 1.03. The molecule has 13 heavy (non-hydrogen) atoms. The number of carbonyl (C=O) groups is 1. The first-order valence-electron chi connectivity index (χ1n) is 4.14. The van der Waals surface area contributed by atoms with Crippen LogP contribution in [0.1, 0.15) is 30.9 Å². The predicted octanol–water partition coefficient (Wildman–Crippen LogP) is 0.447. The second-order valence-electron chi connectivity index (χ2n) is 2.85. The van der Waals surface area contributed by atoms with Crippen molar-refractivity contribution in [2.24, 2.45) is 5.73 Å². The van der Waals surface area contributed by atoms with Gasteiger partial charge in [-0.15, -0.1) is 0 Å². The van der Waals surface area contributed by atoms with Gasteiger partial charge in [-0.3, -0.25) is 4.79 Å². The zero-order valence-corrected chi connectivity index (χ0v) is 7.45. The molecule has 1 rings (SSSR count). The lowest BCUT2D eigenvalue weighted by Crippen LogP contribution is -2.16. The van der Waals surface area contributed by atoms with E-state index in [1.165, 1.54) is 0 Å². The van der Waals surface area contributed by atoms with Crippen molar-refractivity contribution >= 4 is 5.97 Å². The van der Waals surface area contributed by atoms with E-state index < -0.39 is 12.0 Å². The minimum atomic E-state index is -0.915. The first-order valence-corrected chi connectivity index (χ1v) is 4.14. The molecule has 0 radical (unpaired) electrons. The third kappa shape index (κ3) is 2.55. The van der Waals surface area contributed by atoms with Gasteiger partial charge in [-0.2, -0.15) is 0 Å². The van der Waals surface area contributed by atoms with Crippen molar-refractivity contribution in [2.75, 3.05) is 0 Å². The van der Waals surface area contributed by atoms with Crippen molar-refractivity contribution in [2.45, 2.75) is 25.8 Å². The summed E-state index contributed by atoms with van der Waals surface area (Å²) >= 11 is 0. The summed E-state index contributed by atoms with van der Waals surface area (Å²) in [4.78, 5) is 17.3. The Morgan fingerprint density at radius 3 is 3.00 bits per heavy atom. The summed E-state index contributed by atoms with van der Waals surface area (Å²) in [6.07, 6.45) is 2.42. The van der Waals surface area contributed by atoms with Gasteiger partial charge in [0.15, 0.2) is 0 Å². The van der Waals surface area contributed by atoms with Gasteiger partial charge in [-0.05, 0) is 6.42 Å². The van der Waals surface area contributed by atoms with Crippen LogP contribution in [0.3, 0.4) is 0 Å². The molecule has 0 aliphatic carbocycles. The summed E-state index contributed by atoms with van der Waals surface area (Å²) < 4.78 is 0. The first-order chi connectivity index (χ1) is 6.13. The van der Waals surface area contributed by atoms with Crippen molar-refractivity contribution in [3.8, 4) is 0 Å². The minimum absolute atomic E-state index is 0.101. The molecule has 1 aromatic rings. The highest BCUT2D eigenvalue weighted by atomic mass is 16.4. The van der Waals surface area contributed by atoms with Crippen LogP contribution in [-0.2, 0) is 11.2 Å². The van der Waals surface area contributed by atoms with Crippen LogP contribution >= 0.6 is 0 Å². The SMILES string of the molecule is CCc1cnc(C(N)CC(=O)O)[nH]1. The maximum atomic E-state index is 10.3. The number of aromatic nitrogens is 2. The number of hydrogen-bond acceptors (Lipinski definition) is 3. The summed E-state index contributed by atoms with van der Waals surface area (Å²) in [6.45, 7) is 1.99. The molecule has 4 N–H and O–H groups in total. The number of aryl methyl sites for hydroxylation is 1. The highest BCUT2D eigenvalue weighted by Gasteiger charge is 2.13. The zero-order valence-electron chi connectivity index (χ0n) is 7.45. The Kier molecular flexibility index (Phi) is 3.02. The van der Waals surface area contributed by atoms with E-state index in [1.807, 2.05) is 6.92 Å². The molecular formula is C8H13N3O2. The van der Waals surface area contributed by atoms with Crippen LogP contribution in [0.25, 0.3) is 0 Å². The molecule has 0 saturated heterocycles. The van der Waals surface area contributed by atoms with Gasteiger partial charge in [0.05, 0.1) is 12.5 Å². The zero-order chi connectivity index (χ0) is 9.84. The van der Waals surface area contributed by atoms with Crippen LogP contribution in [0, 0.1) is 0 Å². The molecule has 1 aromatic heterocycles. The predicted molar refractivity (Wildman–Crippen MR) is 47.1 cm³/mol. The number of H-pyrrole nitrogens is 1. The van der Waals surface area contributed by atoms with Gasteiger partial charge in [0.2, 0.25) is 0 Å². The summed E-state index contributed by atoms with van der Waals surface area (Å²) in [5.41, 5.74) is 6.56. The molecule has 0 aliphatic heterocycles. The van der Waals surface area contributed by atoms with E-state index in [0.29, 0.717) is 5.82 Å². The molecule has 0 spiro atoms. The van der Waals surface area contributed by atoms with Gasteiger partial charge in [0.25, 0.3) is 0 Å². The van der Waals surface area contributed by atoms with Crippen LogP contribution in [0.4, 0.5) is 0 Å². The maximum Gasteiger partial charge on any atom is 0.305 e. The molecule has 5 heteroatoms. The van der Waals surface area contributed by atoms with Crippen molar-refractivity contribution in [3.05, 3.63) is 17.7 Å². The number of imidazole rings is 1. The Morgan fingerprint density at radius 2 is 2.54 bits per heavy atom. The second kappa shape index (κ2) is 4.04. The first kappa shape index (κ1) is 9.73. The Morgan fingerprint density at radius 1 is 1.85 bits per heavy atom. The van der Waals surface area contributed by atoms with Crippen LogP contribution in [0.15, 0.2) is 6.20 Å². The highest BCUT2D eigenvalue weighted by Crippen LogP contribution is 2.10. The summed E-state index contributed by atoms with van der Waals surface area (Å²) in [7, 11) is 0. The van der Waals surface area contributed by atoms with E-state index in [9.17, 15) is 4.79 Å². The largest absolute Gasteiger partial charge is 0.481 e. The number of carboxylic acids is 1.